The number of hydrogen-bond donors (Lipinski definition) is 1. The number of alkyl halides is 9. The molecule has 4 nitrogen and oxygen atoms in total. The fraction of sp³-hybridized carbons (Fsp3) is 0.375. The minimum atomic E-state index is -5.35. The summed E-state index contributed by atoms with van der Waals surface area (Å²) in [5.74, 6) is -9.45. The molecule has 2 aromatic carbocycles. The lowest BCUT2D eigenvalue weighted by molar-refractivity contribution is -0.140. The molecule has 1 N–H and O–H groups in total. The summed E-state index contributed by atoms with van der Waals surface area (Å²) >= 11 is 11.7. The molecule has 2 rings (SSSR count). The summed E-state index contributed by atoms with van der Waals surface area (Å²) in [6.07, 6.45) is -15.5. The molecule has 0 bridgehead atoms. The number of nitrogens with one attached hydrogen (secondary N) is 1. The zero-order valence-electron chi connectivity index (χ0n) is 20.7. The first-order valence-electron chi connectivity index (χ1n) is 11.1. The molecule has 0 aromatic heterocycles. The summed E-state index contributed by atoms with van der Waals surface area (Å²) in [6, 6.07) is 1.47. The molecule has 228 valence electrons. The Kier molecular flexibility index (Phi) is 10.5. The third-order valence-corrected chi connectivity index (χ3v) is 8.17. The fourth-order valence-corrected chi connectivity index (χ4v) is 5.60. The van der Waals surface area contributed by atoms with Crippen molar-refractivity contribution in [2.45, 2.75) is 44.3 Å². The van der Waals surface area contributed by atoms with E-state index in [0.717, 1.165) is 19.1 Å². The Morgan fingerprint density at radius 1 is 1.00 bits per heavy atom. The van der Waals surface area contributed by atoms with Crippen LogP contribution in [0, 0.1) is 6.92 Å². The van der Waals surface area contributed by atoms with E-state index in [0.29, 0.717) is 12.1 Å². The van der Waals surface area contributed by atoms with Crippen molar-refractivity contribution in [2.24, 2.45) is 0 Å². The second-order valence-electron chi connectivity index (χ2n) is 8.91. The zero-order chi connectivity index (χ0) is 31.7. The first-order valence-corrected chi connectivity index (χ1v) is 13.7. The van der Waals surface area contributed by atoms with Crippen LogP contribution in [-0.2, 0) is 16.0 Å². The molecule has 17 heteroatoms. The predicted molar refractivity (Wildman–Crippen MR) is 132 cm³/mol. The average molecular weight is 662 g/mol. The van der Waals surface area contributed by atoms with E-state index in [1.54, 1.807) is 0 Å². The normalized spacial score (nSPS) is 15.0. The maximum Gasteiger partial charge on any atom is 0.417 e. The molecule has 2 aromatic rings. The van der Waals surface area contributed by atoms with Crippen molar-refractivity contribution < 1.29 is 57.1 Å². The lowest BCUT2D eigenvalue weighted by Crippen LogP contribution is -2.40. The number of carbonyl (C=O) groups is 1. The van der Waals surface area contributed by atoms with Crippen molar-refractivity contribution in [3.05, 3.63) is 74.3 Å². The van der Waals surface area contributed by atoms with Gasteiger partial charge in [0.1, 0.15) is 17.5 Å². The number of halogens is 12. The Balaban J connectivity index is 2.47. The maximum atomic E-state index is 15.0. The molecule has 0 heterocycles. The first-order chi connectivity index (χ1) is 18.4. The van der Waals surface area contributed by atoms with Crippen LogP contribution in [0.4, 0.5) is 43.9 Å². The standard InChI is InChI=1S/C24H19Cl2F10NO3S/c1-11(9-41(39,40)10-22(28,29)30)37-21(38)15-4-3-13(7-16(15)23(31,32)33)19(27)8-17(24(34,35)36)14-5-6-18(25)20(26)12(14)2/h3-8,11,17H,9-10H2,1-2H3,(H,37,38)/b19-8-/t11-,17?/m1/s1. The Morgan fingerprint density at radius 2 is 1.59 bits per heavy atom. The number of allylic oxidation sites excluding steroid dienone is 1. The highest BCUT2D eigenvalue weighted by atomic mass is 35.5. The van der Waals surface area contributed by atoms with Gasteiger partial charge in [-0.3, -0.25) is 4.79 Å². The van der Waals surface area contributed by atoms with Crippen LogP contribution >= 0.6 is 23.2 Å². The van der Waals surface area contributed by atoms with Gasteiger partial charge in [0.15, 0.2) is 9.84 Å². The van der Waals surface area contributed by atoms with Gasteiger partial charge >= 0.3 is 18.5 Å². The lowest BCUT2D eigenvalue weighted by atomic mass is 9.92. The van der Waals surface area contributed by atoms with Gasteiger partial charge in [-0.25, -0.2) is 12.8 Å². The van der Waals surface area contributed by atoms with Crippen LogP contribution in [0.2, 0.25) is 10.0 Å². The van der Waals surface area contributed by atoms with Crippen LogP contribution in [0.1, 0.15) is 45.5 Å². The van der Waals surface area contributed by atoms with Crippen LogP contribution in [0.5, 0.6) is 0 Å². The Bertz CT molecular complexity index is 1430. The van der Waals surface area contributed by atoms with Gasteiger partial charge in [-0.2, -0.15) is 39.5 Å². The molecular weight excluding hydrogens is 643 g/mol. The smallest absolute Gasteiger partial charge is 0.349 e. The number of amides is 1. The molecule has 0 radical (unpaired) electrons. The molecule has 2 atom stereocenters. The van der Waals surface area contributed by atoms with Gasteiger partial charge in [-0.1, -0.05) is 35.3 Å². The molecular formula is C24H19Cl2F10NO3S. The Hall–Kier alpha value is -2.52. The molecule has 0 aliphatic rings. The minimum Gasteiger partial charge on any atom is -0.349 e. The van der Waals surface area contributed by atoms with Crippen molar-refractivity contribution in [3.8, 4) is 0 Å². The van der Waals surface area contributed by atoms with E-state index in [-0.39, 0.29) is 27.8 Å². The molecule has 0 saturated heterocycles. The molecule has 1 unspecified atom stereocenters. The molecule has 41 heavy (non-hydrogen) atoms. The van der Waals surface area contributed by atoms with Crippen LogP contribution in [0.3, 0.4) is 0 Å². The second kappa shape index (κ2) is 12.4. The molecule has 0 spiro atoms. The average Bonchev–Trinajstić information content (AvgIpc) is 2.77. The minimum absolute atomic E-state index is 0.0232. The zero-order valence-corrected chi connectivity index (χ0v) is 23.0. The van der Waals surface area contributed by atoms with E-state index < -0.39 is 85.8 Å². The molecule has 0 saturated carbocycles. The highest BCUT2D eigenvalue weighted by Gasteiger charge is 2.42. The van der Waals surface area contributed by atoms with E-state index in [2.05, 4.69) is 0 Å². The molecule has 0 fully saturated rings. The van der Waals surface area contributed by atoms with E-state index in [1.165, 1.54) is 6.92 Å². The summed E-state index contributed by atoms with van der Waals surface area (Å²) in [6.45, 7) is 2.11. The summed E-state index contributed by atoms with van der Waals surface area (Å²) in [7, 11) is -4.80. The molecule has 1 amide bonds. The highest BCUT2D eigenvalue weighted by Crippen LogP contribution is 2.43. The van der Waals surface area contributed by atoms with E-state index in [9.17, 15) is 52.7 Å². The van der Waals surface area contributed by atoms with Gasteiger partial charge < -0.3 is 5.32 Å². The Labute approximate surface area is 237 Å². The van der Waals surface area contributed by atoms with Crippen molar-refractivity contribution in [1.82, 2.24) is 5.32 Å². The van der Waals surface area contributed by atoms with Crippen LogP contribution in [0.15, 0.2) is 36.4 Å². The summed E-state index contributed by atoms with van der Waals surface area (Å²) in [5, 5.41) is 1.49. The highest BCUT2D eigenvalue weighted by molar-refractivity contribution is 7.91. The van der Waals surface area contributed by atoms with Crippen LogP contribution in [0.25, 0.3) is 5.83 Å². The van der Waals surface area contributed by atoms with Crippen molar-refractivity contribution in [3.63, 3.8) is 0 Å². The third-order valence-electron chi connectivity index (χ3n) is 5.49. The number of hydrogen-bond acceptors (Lipinski definition) is 3. The maximum absolute atomic E-state index is 15.0. The quantitative estimate of drug-likeness (QED) is 0.291. The monoisotopic (exact) mass is 661 g/mol. The van der Waals surface area contributed by atoms with E-state index in [1.807, 2.05) is 5.32 Å². The number of carbonyl (C=O) groups excluding carboxylic acids is 1. The molecule has 0 aliphatic carbocycles. The Morgan fingerprint density at radius 3 is 2.10 bits per heavy atom. The van der Waals surface area contributed by atoms with Gasteiger partial charge in [-0.15, -0.1) is 0 Å². The van der Waals surface area contributed by atoms with Gasteiger partial charge in [0, 0.05) is 11.6 Å². The van der Waals surface area contributed by atoms with Crippen LogP contribution < -0.4 is 5.32 Å². The van der Waals surface area contributed by atoms with Gasteiger partial charge in [0.05, 0.1) is 26.9 Å². The van der Waals surface area contributed by atoms with Crippen LogP contribution in [-0.4, -0.2) is 44.2 Å². The fourth-order valence-electron chi connectivity index (χ4n) is 3.76. The second-order valence-corrected chi connectivity index (χ2v) is 11.8. The summed E-state index contributed by atoms with van der Waals surface area (Å²) < 4.78 is 158. The van der Waals surface area contributed by atoms with E-state index in [4.69, 9.17) is 23.2 Å². The topological polar surface area (TPSA) is 63.2 Å². The summed E-state index contributed by atoms with van der Waals surface area (Å²) in [5.41, 5.74) is -4.64. The SMILES string of the molecule is Cc1c(C(/C=C(\F)c2ccc(C(=O)N[C@H](C)CS(=O)(=O)CC(F)(F)F)c(C(F)(F)F)c2)C(F)(F)F)ccc(Cl)c1Cl. The van der Waals surface area contributed by atoms with Crippen molar-refractivity contribution in [1.29, 1.82) is 0 Å². The predicted octanol–water partition coefficient (Wildman–Crippen LogP) is 8.07. The van der Waals surface area contributed by atoms with Gasteiger partial charge in [0.2, 0.25) is 0 Å². The first kappa shape index (κ1) is 34.7. The van der Waals surface area contributed by atoms with Crippen molar-refractivity contribution in [2.75, 3.05) is 11.5 Å². The van der Waals surface area contributed by atoms with Gasteiger partial charge in [-0.05, 0) is 49.2 Å². The number of benzene rings is 2. The number of sulfone groups is 1. The van der Waals surface area contributed by atoms with E-state index >= 15 is 4.39 Å². The number of rotatable bonds is 8. The third kappa shape index (κ3) is 9.50. The molecule has 0 aliphatic heterocycles. The lowest BCUT2D eigenvalue weighted by Gasteiger charge is -2.21. The van der Waals surface area contributed by atoms with Crippen molar-refractivity contribution >= 4 is 44.8 Å². The summed E-state index contributed by atoms with van der Waals surface area (Å²) in [4.78, 5) is 12.5. The largest absolute Gasteiger partial charge is 0.417 e. The van der Waals surface area contributed by atoms with Gasteiger partial charge in [0.25, 0.3) is 5.91 Å².